The van der Waals surface area contributed by atoms with Crippen molar-refractivity contribution < 1.29 is 0 Å². The third-order valence-corrected chi connectivity index (χ3v) is 3.64. The maximum absolute atomic E-state index is 11.8. The molecule has 0 bridgehead atoms. The lowest BCUT2D eigenvalue weighted by Crippen LogP contribution is -2.46. The molecule has 0 amide bonds. The van der Waals surface area contributed by atoms with Crippen molar-refractivity contribution >= 4 is 5.82 Å². The summed E-state index contributed by atoms with van der Waals surface area (Å²) in [4.78, 5) is 21.5. The Hall–Kier alpha value is -1.36. The molecule has 5 heteroatoms. The van der Waals surface area contributed by atoms with Crippen LogP contribution in [0.25, 0.3) is 0 Å². The maximum atomic E-state index is 11.8. The Bertz CT molecular complexity index is 463. The Labute approximate surface area is 114 Å². The van der Waals surface area contributed by atoms with E-state index in [9.17, 15) is 4.79 Å². The van der Waals surface area contributed by atoms with Crippen LogP contribution in [0, 0.1) is 0 Å². The van der Waals surface area contributed by atoms with Gasteiger partial charge in [-0.15, -0.1) is 0 Å². The number of rotatable bonds is 4. The van der Waals surface area contributed by atoms with Gasteiger partial charge in [-0.1, -0.05) is 13.8 Å². The molecule has 0 spiro atoms. The van der Waals surface area contributed by atoms with E-state index in [2.05, 4.69) is 27.1 Å². The number of aromatic amines is 1. The van der Waals surface area contributed by atoms with Crippen LogP contribution >= 0.6 is 0 Å². The zero-order chi connectivity index (χ0) is 13.8. The first-order valence-electron chi connectivity index (χ1n) is 7.20. The predicted molar refractivity (Wildman–Crippen MR) is 77.9 cm³/mol. The van der Waals surface area contributed by atoms with E-state index in [0.29, 0.717) is 6.04 Å². The lowest BCUT2D eigenvalue weighted by Gasteiger charge is -2.34. The molecule has 2 heterocycles. The summed E-state index contributed by atoms with van der Waals surface area (Å²) in [5.74, 6) is 1.81. The van der Waals surface area contributed by atoms with Crippen molar-refractivity contribution in [3.63, 3.8) is 0 Å². The number of H-pyrrole nitrogens is 1. The summed E-state index contributed by atoms with van der Waals surface area (Å²) >= 11 is 0. The van der Waals surface area contributed by atoms with Gasteiger partial charge >= 0.3 is 0 Å². The lowest BCUT2D eigenvalue weighted by molar-refractivity contribution is 0.432. The number of anilines is 1. The molecule has 5 nitrogen and oxygen atoms in total. The van der Waals surface area contributed by atoms with E-state index in [0.717, 1.165) is 37.7 Å². The summed E-state index contributed by atoms with van der Waals surface area (Å²) in [5.41, 5.74) is -0.0593. The highest BCUT2D eigenvalue weighted by molar-refractivity contribution is 5.39. The molecule has 1 aromatic rings. The van der Waals surface area contributed by atoms with Gasteiger partial charge in [-0.3, -0.25) is 4.79 Å². The highest BCUT2D eigenvalue weighted by Crippen LogP contribution is 2.18. The molecule has 0 radical (unpaired) electrons. The average Bonchev–Trinajstić information content (AvgIpc) is 2.40. The summed E-state index contributed by atoms with van der Waals surface area (Å²) in [5, 5.41) is 3.42. The van der Waals surface area contributed by atoms with E-state index in [1.807, 2.05) is 13.8 Å². The van der Waals surface area contributed by atoms with Gasteiger partial charge in [-0.2, -0.15) is 0 Å². The first-order valence-corrected chi connectivity index (χ1v) is 7.20. The molecule has 1 aliphatic heterocycles. The zero-order valence-corrected chi connectivity index (χ0v) is 12.1. The topological polar surface area (TPSA) is 61.0 Å². The fourth-order valence-electron chi connectivity index (χ4n) is 2.59. The van der Waals surface area contributed by atoms with Crippen LogP contribution in [0.4, 0.5) is 5.82 Å². The average molecular weight is 264 g/mol. The van der Waals surface area contributed by atoms with Crippen molar-refractivity contribution in [2.45, 2.75) is 45.6 Å². The second kappa shape index (κ2) is 6.19. The van der Waals surface area contributed by atoms with Gasteiger partial charge < -0.3 is 15.2 Å². The SMILES string of the molecule is CCN(c1cc(=O)[nH]c(C(C)C)n1)C1CCCNC1. The number of nitrogens with one attached hydrogen (secondary N) is 2. The number of hydrogen-bond acceptors (Lipinski definition) is 4. The van der Waals surface area contributed by atoms with Gasteiger partial charge in [0.1, 0.15) is 11.6 Å². The minimum atomic E-state index is -0.0593. The third kappa shape index (κ3) is 3.35. The highest BCUT2D eigenvalue weighted by atomic mass is 16.1. The van der Waals surface area contributed by atoms with Crippen LogP contribution in [0.15, 0.2) is 10.9 Å². The summed E-state index contributed by atoms with van der Waals surface area (Å²) in [7, 11) is 0. The monoisotopic (exact) mass is 264 g/mol. The summed E-state index contributed by atoms with van der Waals surface area (Å²) in [6.07, 6.45) is 2.34. The van der Waals surface area contributed by atoms with E-state index in [1.165, 1.54) is 6.42 Å². The summed E-state index contributed by atoms with van der Waals surface area (Å²) < 4.78 is 0. The smallest absolute Gasteiger partial charge is 0.252 e. The molecule has 1 aromatic heterocycles. The Morgan fingerprint density at radius 1 is 1.53 bits per heavy atom. The number of piperidine rings is 1. The van der Waals surface area contributed by atoms with Crippen molar-refractivity contribution in [1.29, 1.82) is 0 Å². The van der Waals surface area contributed by atoms with Crippen LogP contribution in [0.2, 0.25) is 0 Å². The lowest BCUT2D eigenvalue weighted by atomic mass is 10.1. The van der Waals surface area contributed by atoms with Crippen molar-refractivity contribution in [3.8, 4) is 0 Å². The quantitative estimate of drug-likeness (QED) is 0.864. The van der Waals surface area contributed by atoms with Gasteiger partial charge in [0.25, 0.3) is 5.56 Å². The molecular formula is C14H24N4O. The van der Waals surface area contributed by atoms with Gasteiger partial charge in [0, 0.05) is 31.1 Å². The highest BCUT2D eigenvalue weighted by Gasteiger charge is 2.21. The first-order chi connectivity index (χ1) is 9.11. The molecule has 1 fully saturated rings. The molecule has 2 N–H and O–H groups in total. The minimum absolute atomic E-state index is 0.0593. The van der Waals surface area contributed by atoms with Gasteiger partial charge in [-0.25, -0.2) is 4.98 Å². The molecule has 19 heavy (non-hydrogen) atoms. The maximum Gasteiger partial charge on any atom is 0.252 e. The van der Waals surface area contributed by atoms with E-state index in [-0.39, 0.29) is 11.5 Å². The number of likely N-dealkylation sites (N-methyl/N-ethyl adjacent to an activating group) is 1. The molecule has 0 saturated carbocycles. The van der Waals surface area contributed by atoms with E-state index in [1.54, 1.807) is 6.07 Å². The number of nitrogens with zero attached hydrogens (tertiary/aromatic N) is 2. The summed E-state index contributed by atoms with van der Waals surface area (Å²) in [6, 6.07) is 2.05. The number of hydrogen-bond donors (Lipinski definition) is 2. The largest absolute Gasteiger partial charge is 0.352 e. The Balaban J connectivity index is 2.29. The number of aromatic nitrogens is 2. The Morgan fingerprint density at radius 2 is 2.32 bits per heavy atom. The van der Waals surface area contributed by atoms with Crippen LogP contribution in [0.5, 0.6) is 0 Å². The van der Waals surface area contributed by atoms with Gasteiger partial charge in [-0.05, 0) is 26.3 Å². The van der Waals surface area contributed by atoms with Crippen molar-refractivity contribution in [3.05, 3.63) is 22.2 Å². The minimum Gasteiger partial charge on any atom is -0.352 e. The normalized spacial score (nSPS) is 19.7. The molecule has 1 unspecified atom stereocenters. The molecular weight excluding hydrogens is 240 g/mol. The predicted octanol–water partition coefficient (Wildman–Crippen LogP) is 1.47. The van der Waals surface area contributed by atoms with Crippen LogP contribution in [0.3, 0.4) is 0 Å². The van der Waals surface area contributed by atoms with Crippen molar-refractivity contribution in [2.75, 3.05) is 24.5 Å². The van der Waals surface area contributed by atoms with E-state index < -0.39 is 0 Å². The first kappa shape index (κ1) is 14.1. The second-order valence-corrected chi connectivity index (χ2v) is 5.43. The van der Waals surface area contributed by atoms with Gasteiger partial charge in [0.05, 0.1) is 0 Å². The molecule has 2 rings (SSSR count). The zero-order valence-electron chi connectivity index (χ0n) is 12.1. The standard InChI is InChI=1S/C14H24N4O/c1-4-18(11-6-5-7-15-9-11)12-8-13(19)17-14(16-12)10(2)3/h8,10-11,15H,4-7,9H2,1-3H3,(H,16,17,19). The second-order valence-electron chi connectivity index (χ2n) is 5.43. The molecule has 1 saturated heterocycles. The van der Waals surface area contributed by atoms with Crippen LogP contribution in [-0.4, -0.2) is 35.6 Å². The molecule has 0 aromatic carbocycles. The Kier molecular flexibility index (Phi) is 4.58. The molecule has 106 valence electrons. The molecule has 1 atom stereocenters. The van der Waals surface area contributed by atoms with Crippen molar-refractivity contribution in [1.82, 2.24) is 15.3 Å². The van der Waals surface area contributed by atoms with Crippen LogP contribution < -0.4 is 15.8 Å². The van der Waals surface area contributed by atoms with Crippen molar-refractivity contribution in [2.24, 2.45) is 0 Å². The fourth-order valence-corrected chi connectivity index (χ4v) is 2.59. The van der Waals surface area contributed by atoms with Crippen LogP contribution in [-0.2, 0) is 0 Å². The third-order valence-electron chi connectivity index (χ3n) is 3.64. The van der Waals surface area contributed by atoms with Crippen LogP contribution in [0.1, 0.15) is 45.4 Å². The summed E-state index contributed by atoms with van der Waals surface area (Å²) in [6.45, 7) is 9.14. The Morgan fingerprint density at radius 3 is 2.89 bits per heavy atom. The fraction of sp³-hybridized carbons (Fsp3) is 0.714. The van der Waals surface area contributed by atoms with Gasteiger partial charge in [0.15, 0.2) is 0 Å². The van der Waals surface area contributed by atoms with E-state index >= 15 is 0 Å². The molecule has 1 aliphatic rings. The molecule has 0 aliphatic carbocycles. The van der Waals surface area contributed by atoms with Gasteiger partial charge in [0.2, 0.25) is 0 Å². The van der Waals surface area contributed by atoms with E-state index in [4.69, 9.17) is 0 Å².